The number of likely N-dealkylation sites (tertiary alicyclic amines) is 1. The first-order chi connectivity index (χ1) is 26.2. The number of likely N-dealkylation sites (N-methyl/N-ethyl adjacent to an activating group) is 1. The zero-order valence-electron chi connectivity index (χ0n) is 31.3. The van der Waals surface area contributed by atoms with Crippen molar-refractivity contribution in [1.82, 2.24) is 35.4 Å². The lowest BCUT2D eigenvalue weighted by atomic mass is 9.93. The van der Waals surface area contributed by atoms with E-state index in [0.29, 0.717) is 54.2 Å². The zero-order valence-corrected chi connectivity index (χ0v) is 32.0. The molecular weight excluding hydrogens is 704 g/mol. The van der Waals surface area contributed by atoms with Gasteiger partial charge in [-0.25, -0.2) is 0 Å². The fourth-order valence-electron chi connectivity index (χ4n) is 6.85. The molecule has 1 unspecified atom stereocenters. The lowest BCUT2D eigenvalue weighted by Gasteiger charge is -2.22. The highest BCUT2D eigenvalue weighted by molar-refractivity contribution is 6.32. The average molecular weight is 751 g/mol. The molecule has 0 radical (unpaired) electrons. The second kappa shape index (κ2) is 18.3. The SMILES string of the molecule is Cc1c(COc2cc(OCc3cncc(C#N)c3)c(CN(C)CC(C)c3nn[nH]n3)cc2Cl)cccc1-c1cccc(OCCCN2CC[C@@H](O)C2)c1C. The number of tetrazole rings is 1. The summed E-state index contributed by atoms with van der Waals surface area (Å²) in [7, 11) is 2.01. The number of H-pyrrole nitrogens is 1. The summed E-state index contributed by atoms with van der Waals surface area (Å²) in [4.78, 5) is 8.62. The first-order valence-corrected chi connectivity index (χ1v) is 18.6. The summed E-state index contributed by atoms with van der Waals surface area (Å²) < 4.78 is 19.0. The summed E-state index contributed by atoms with van der Waals surface area (Å²) in [5, 5.41) is 34.1. The Morgan fingerprint density at radius 2 is 1.80 bits per heavy atom. The summed E-state index contributed by atoms with van der Waals surface area (Å²) >= 11 is 6.89. The second-order valence-corrected chi connectivity index (χ2v) is 14.4. The van der Waals surface area contributed by atoms with Gasteiger partial charge in [-0.1, -0.05) is 54.1 Å². The lowest BCUT2D eigenvalue weighted by molar-refractivity contribution is 0.173. The molecule has 2 N–H and O–H groups in total. The summed E-state index contributed by atoms with van der Waals surface area (Å²) in [5.74, 6) is 2.69. The van der Waals surface area contributed by atoms with Gasteiger partial charge in [0, 0.05) is 68.2 Å². The van der Waals surface area contributed by atoms with Gasteiger partial charge < -0.3 is 29.1 Å². The number of aliphatic hydroxyl groups is 1. The van der Waals surface area contributed by atoms with Crippen LogP contribution in [0.3, 0.4) is 0 Å². The van der Waals surface area contributed by atoms with Gasteiger partial charge in [0.1, 0.15) is 36.5 Å². The Balaban J connectivity index is 1.16. The van der Waals surface area contributed by atoms with Crippen molar-refractivity contribution in [3.05, 3.63) is 111 Å². The minimum atomic E-state index is -0.205. The third-order valence-corrected chi connectivity index (χ3v) is 10.1. The van der Waals surface area contributed by atoms with Crippen LogP contribution < -0.4 is 14.2 Å². The molecular formula is C41H47ClN8O4. The molecule has 54 heavy (non-hydrogen) atoms. The molecule has 1 fully saturated rings. The van der Waals surface area contributed by atoms with E-state index in [1.165, 1.54) is 6.20 Å². The van der Waals surface area contributed by atoms with E-state index in [4.69, 9.17) is 25.8 Å². The van der Waals surface area contributed by atoms with E-state index >= 15 is 0 Å². The Morgan fingerprint density at radius 1 is 1.00 bits per heavy atom. The quantitative estimate of drug-likeness (QED) is 0.0988. The molecule has 6 rings (SSSR count). The van der Waals surface area contributed by atoms with Crippen molar-refractivity contribution in [2.24, 2.45) is 0 Å². The van der Waals surface area contributed by atoms with Crippen LogP contribution in [0, 0.1) is 25.2 Å². The van der Waals surface area contributed by atoms with Crippen LogP contribution in [-0.2, 0) is 19.8 Å². The molecule has 13 heteroatoms. The maximum Gasteiger partial charge on any atom is 0.178 e. The first kappa shape index (κ1) is 38.7. The Morgan fingerprint density at radius 3 is 2.56 bits per heavy atom. The number of β-amino-alcohol motifs (C(OH)–C–C–N with tert-alkyl or cyclic N) is 1. The van der Waals surface area contributed by atoms with Crippen LogP contribution in [0.4, 0.5) is 0 Å². The van der Waals surface area contributed by atoms with E-state index < -0.39 is 0 Å². The molecule has 2 aromatic heterocycles. The van der Waals surface area contributed by atoms with Gasteiger partial charge in [0.25, 0.3) is 0 Å². The van der Waals surface area contributed by atoms with Crippen LogP contribution in [0.1, 0.15) is 64.9 Å². The minimum Gasteiger partial charge on any atom is -0.493 e. The predicted octanol–water partition coefficient (Wildman–Crippen LogP) is 6.63. The number of pyridine rings is 1. The molecule has 3 heterocycles. The van der Waals surface area contributed by atoms with Gasteiger partial charge in [0.2, 0.25) is 0 Å². The largest absolute Gasteiger partial charge is 0.493 e. The first-order valence-electron chi connectivity index (χ1n) is 18.2. The van der Waals surface area contributed by atoms with Crippen molar-refractivity contribution < 1.29 is 19.3 Å². The molecule has 0 aliphatic carbocycles. The van der Waals surface area contributed by atoms with Crippen molar-refractivity contribution in [1.29, 1.82) is 5.26 Å². The Hall–Kier alpha value is -5.06. The molecule has 3 aromatic carbocycles. The molecule has 0 saturated carbocycles. The van der Waals surface area contributed by atoms with Crippen molar-refractivity contribution in [3.8, 4) is 34.4 Å². The normalized spacial score (nSPS) is 15.0. The predicted molar refractivity (Wildman–Crippen MR) is 207 cm³/mol. The third kappa shape index (κ3) is 9.92. The Bertz CT molecular complexity index is 2050. The van der Waals surface area contributed by atoms with Crippen LogP contribution in [-0.4, -0.2) is 86.5 Å². The molecule has 5 aromatic rings. The van der Waals surface area contributed by atoms with Gasteiger partial charge in [-0.05, 0) is 79.8 Å². The number of nitrogens with one attached hydrogen (secondary N) is 1. The molecule has 2 atom stereocenters. The lowest BCUT2D eigenvalue weighted by Crippen LogP contribution is -2.24. The van der Waals surface area contributed by atoms with Crippen LogP contribution >= 0.6 is 11.6 Å². The van der Waals surface area contributed by atoms with E-state index in [-0.39, 0.29) is 18.6 Å². The fourth-order valence-corrected chi connectivity index (χ4v) is 7.09. The van der Waals surface area contributed by atoms with Crippen LogP contribution in [0.25, 0.3) is 11.1 Å². The number of aromatic amines is 1. The maximum atomic E-state index is 9.81. The number of aromatic nitrogens is 5. The summed E-state index contributed by atoms with van der Waals surface area (Å²) in [6.45, 7) is 11.2. The van der Waals surface area contributed by atoms with E-state index in [0.717, 1.165) is 77.2 Å². The molecule has 1 aliphatic rings. The summed E-state index contributed by atoms with van der Waals surface area (Å²) in [5.41, 5.74) is 7.57. The van der Waals surface area contributed by atoms with E-state index in [1.807, 2.05) is 44.3 Å². The van der Waals surface area contributed by atoms with Crippen LogP contribution in [0.2, 0.25) is 5.02 Å². The number of rotatable bonds is 17. The number of aliphatic hydroxyl groups excluding tert-OH is 1. The molecule has 282 valence electrons. The molecule has 0 amide bonds. The average Bonchev–Trinajstić information content (AvgIpc) is 3.86. The number of nitrogens with zero attached hydrogens (tertiary/aromatic N) is 7. The summed E-state index contributed by atoms with van der Waals surface area (Å²) in [6.07, 6.45) is 4.76. The minimum absolute atomic E-state index is 0.0509. The topological polar surface area (TPSA) is 146 Å². The van der Waals surface area contributed by atoms with Crippen molar-refractivity contribution in [2.75, 3.05) is 39.8 Å². The monoisotopic (exact) mass is 750 g/mol. The van der Waals surface area contributed by atoms with Gasteiger partial charge >= 0.3 is 0 Å². The summed E-state index contributed by atoms with van der Waals surface area (Å²) in [6, 6.07) is 20.1. The van der Waals surface area contributed by atoms with E-state index in [9.17, 15) is 10.4 Å². The number of nitriles is 1. The fraction of sp³-hybridized carbons (Fsp3) is 0.390. The van der Waals surface area contributed by atoms with Crippen molar-refractivity contribution in [3.63, 3.8) is 0 Å². The van der Waals surface area contributed by atoms with Crippen molar-refractivity contribution in [2.45, 2.75) is 65.4 Å². The van der Waals surface area contributed by atoms with Gasteiger partial charge in [0.15, 0.2) is 5.82 Å². The Labute approximate surface area is 321 Å². The Kier molecular flexibility index (Phi) is 13.1. The van der Waals surface area contributed by atoms with Gasteiger partial charge in [-0.2, -0.15) is 10.5 Å². The van der Waals surface area contributed by atoms with Crippen LogP contribution in [0.5, 0.6) is 17.2 Å². The van der Waals surface area contributed by atoms with Gasteiger partial charge in [0.05, 0.1) is 23.3 Å². The van der Waals surface area contributed by atoms with E-state index in [1.54, 1.807) is 12.3 Å². The third-order valence-electron chi connectivity index (χ3n) is 9.79. The number of ether oxygens (including phenoxy) is 3. The zero-order chi connectivity index (χ0) is 38.0. The van der Waals surface area contributed by atoms with Crippen molar-refractivity contribution >= 4 is 11.6 Å². The van der Waals surface area contributed by atoms with Gasteiger partial charge in [-0.15, -0.1) is 10.2 Å². The highest BCUT2D eigenvalue weighted by atomic mass is 35.5. The van der Waals surface area contributed by atoms with E-state index in [2.05, 4.69) is 73.5 Å². The highest BCUT2D eigenvalue weighted by Crippen LogP contribution is 2.37. The second-order valence-electron chi connectivity index (χ2n) is 14.0. The number of hydrogen-bond acceptors (Lipinski definition) is 11. The molecule has 1 aliphatic heterocycles. The smallest absolute Gasteiger partial charge is 0.178 e. The number of halogens is 1. The highest BCUT2D eigenvalue weighted by Gasteiger charge is 2.20. The van der Waals surface area contributed by atoms with Gasteiger partial charge in [-0.3, -0.25) is 4.98 Å². The molecule has 0 bridgehead atoms. The maximum absolute atomic E-state index is 9.81. The molecule has 12 nitrogen and oxygen atoms in total. The standard InChI is InChI=1S/C41H47ClN8O4/c1-27(41-45-47-48-46-41)22-49(4)23-33-17-37(42)40(18-39(33)53-25-31-16-30(19-43)20-44-21-31)54-26-32-8-5-9-35(28(32)2)36-10-6-11-38(29(36)3)52-15-7-13-50-14-12-34(51)24-50/h5-6,8-11,16-18,20-21,27,34,51H,7,12-15,22-26H2,1-4H3,(H,45,46,47,48)/t27?,34-/m1/s1. The number of hydrogen-bond donors (Lipinski definition) is 2. The number of benzene rings is 3. The molecule has 1 saturated heterocycles. The molecule has 0 spiro atoms. The van der Waals surface area contributed by atoms with Crippen LogP contribution in [0.15, 0.2) is 67.0 Å².